The molecule has 2 rings (SSSR count). The van der Waals surface area contributed by atoms with Gasteiger partial charge in [-0.3, -0.25) is 4.79 Å². The van der Waals surface area contributed by atoms with Crippen LogP contribution in [0.15, 0.2) is 29.0 Å². The smallest absolute Gasteiger partial charge is 0.256 e. The topological polar surface area (TPSA) is 98.2 Å². The Morgan fingerprint density at radius 3 is 1.83 bits per heavy atom. The molecule has 0 amide bonds. The summed E-state index contributed by atoms with van der Waals surface area (Å²) in [4.78, 5) is 20.0. The van der Waals surface area contributed by atoms with Gasteiger partial charge in [0.1, 0.15) is 5.78 Å². The van der Waals surface area contributed by atoms with Gasteiger partial charge in [0.2, 0.25) is 0 Å². The Kier molecular flexibility index (Phi) is 15.7. The zero-order chi connectivity index (χ0) is 26.1. The number of hydrogen-bond donors (Lipinski definition) is 0. The van der Waals surface area contributed by atoms with E-state index >= 15 is 0 Å². The number of nitrogens with zero attached hydrogens (tertiary/aromatic N) is 2. The Hall–Kier alpha value is -2.43. The van der Waals surface area contributed by atoms with Gasteiger partial charge in [0.05, 0.1) is 27.4 Å². The summed E-state index contributed by atoms with van der Waals surface area (Å²) < 4.78 is 32.1. The van der Waals surface area contributed by atoms with Gasteiger partial charge in [-0.25, -0.2) is 9.97 Å². The quantitative estimate of drug-likeness (QED) is 0.292. The average Bonchev–Trinajstić information content (AvgIpc) is 2.85. The van der Waals surface area contributed by atoms with Crippen LogP contribution >= 0.6 is 15.9 Å². The molecular formula is C25H37BrN2O7. The van der Waals surface area contributed by atoms with Crippen molar-refractivity contribution in [1.82, 2.24) is 9.97 Å². The number of ether oxygens (including phenoxy) is 6. The number of hydrogen-bond acceptors (Lipinski definition) is 9. The number of carbonyl (C=O) groups is 1. The summed E-state index contributed by atoms with van der Waals surface area (Å²) in [6.45, 7) is 6.21. The Balaban J connectivity index is 0.000000365. The van der Waals surface area contributed by atoms with Crippen molar-refractivity contribution >= 4 is 21.7 Å². The van der Waals surface area contributed by atoms with E-state index in [-0.39, 0.29) is 11.7 Å². The van der Waals surface area contributed by atoms with Crippen LogP contribution in [0.5, 0.6) is 23.3 Å². The Morgan fingerprint density at radius 2 is 1.34 bits per heavy atom. The van der Waals surface area contributed by atoms with E-state index < -0.39 is 0 Å². The number of Topliss-reactive ketones (excluding diaryl/α,β-unsaturated/α-hetero) is 1. The predicted octanol–water partition coefficient (Wildman–Crippen LogP) is 4.54. The summed E-state index contributed by atoms with van der Waals surface area (Å²) in [6, 6.07) is 3.65. The van der Waals surface area contributed by atoms with Gasteiger partial charge in [-0.1, -0.05) is 13.8 Å². The fraction of sp³-hybridized carbons (Fsp3) is 0.560. The minimum atomic E-state index is 0.0168. The van der Waals surface area contributed by atoms with Crippen molar-refractivity contribution in [3.8, 4) is 23.3 Å². The number of ketones is 1. The molecule has 2 aromatic rings. The van der Waals surface area contributed by atoms with Crippen molar-refractivity contribution in [2.24, 2.45) is 5.92 Å². The zero-order valence-corrected chi connectivity index (χ0v) is 23.1. The van der Waals surface area contributed by atoms with Crippen LogP contribution in [0.1, 0.15) is 32.3 Å². The van der Waals surface area contributed by atoms with Crippen molar-refractivity contribution in [2.75, 3.05) is 54.9 Å². The standard InChI is InChI=1S/C15H23NO4.C10H14BrNO3/c1-11(2)13(17)8-12-9-14(15(19-4)16-10-12)20-7-5-6-18-3;1-13-4-3-5-15-9-6-8(11)7-12-10(9)14-2/h9-11H,5-8H2,1-4H3;6-7H,3-5H2,1-2H3. The monoisotopic (exact) mass is 556 g/mol. The molecule has 0 unspecified atom stereocenters. The Labute approximate surface area is 216 Å². The molecule has 9 nitrogen and oxygen atoms in total. The third kappa shape index (κ3) is 12.2. The molecule has 0 aromatic carbocycles. The fourth-order valence-electron chi connectivity index (χ4n) is 2.67. The zero-order valence-electron chi connectivity index (χ0n) is 21.5. The third-order valence-electron chi connectivity index (χ3n) is 4.57. The average molecular weight is 557 g/mol. The van der Waals surface area contributed by atoms with Crippen LogP contribution in [0.2, 0.25) is 0 Å². The minimum absolute atomic E-state index is 0.0168. The van der Waals surface area contributed by atoms with Crippen LogP contribution in [-0.2, 0) is 20.7 Å². The maximum atomic E-state index is 11.8. The first-order valence-corrected chi connectivity index (χ1v) is 12.1. The molecule has 0 spiro atoms. The molecule has 0 aliphatic carbocycles. The van der Waals surface area contributed by atoms with E-state index in [0.29, 0.717) is 56.1 Å². The minimum Gasteiger partial charge on any atom is -0.488 e. The maximum Gasteiger partial charge on any atom is 0.256 e. The molecule has 2 heterocycles. The Morgan fingerprint density at radius 1 is 0.829 bits per heavy atom. The van der Waals surface area contributed by atoms with E-state index in [1.54, 1.807) is 40.8 Å². The number of aromatic nitrogens is 2. The molecule has 0 saturated heterocycles. The van der Waals surface area contributed by atoms with E-state index in [4.69, 9.17) is 28.4 Å². The van der Waals surface area contributed by atoms with E-state index in [9.17, 15) is 4.79 Å². The summed E-state index contributed by atoms with van der Waals surface area (Å²) in [5.74, 6) is 2.34. The first kappa shape index (κ1) is 30.6. The van der Waals surface area contributed by atoms with E-state index in [0.717, 1.165) is 22.9 Å². The third-order valence-corrected chi connectivity index (χ3v) is 5.00. The first-order chi connectivity index (χ1) is 16.9. The second kappa shape index (κ2) is 17.9. The molecule has 35 heavy (non-hydrogen) atoms. The van der Waals surface area contributed by atoms with Gasteiger partial charge >= 0.3 is 0 Å². The van der Waals surface area contributed by atoms with Crippen molar-refractivity contribution in [3.63, 3.8) is 0 Å². The van der Waals surface area contributed by atoms with E-state index in [1.165, 1.54) is 0 Å². The maximum absolute atomic E-state index is 11.8. The van der Waals surface area contributed by atoms with Crippen molar-refractivity contribution < 1.29 is 33.2 Å². The van der Waals surface area contributed by atoms with Crippen LogP contribution in [0.4, 0.5) is 0 Å². The molecule has 0 aliphatic rings. The molecule has 0 aliphatic heterocycles. The lowest BCUT2D eigenvalue weighted by Crippen LogP contribution is -2.11. The lowest BCUT2D eigenvalue weighted by Gasteiger charge is -2.11. The van der Waals surface area contributed by atoms with Gasteiger partial charge in [-0.15, -0.1) is 0 Å². The van der Waals surface area contributed by atoms with Crippen LogP contribution < -0.4 is 18.9 Å². The molecule has 196 valence electrons. The summed E-state index contributed by atoms with van der Waals surface area (Å²) in [5, 5.41) is 0. The highest BCUT2D eigenvalue weighted by molar-refractivity contribution is 9.10. The number of rotatable bonds is 15. The highest BCUT2D eigenvalue weighted by Gasteiger charge is 2.12. The normalized spacial score (nSPS) is 10.4. The SMILES string of the molecule is COCCCOc1cc(Br)cnc1OC.COCCCOc1cc(CC(=O)C(C)C)cnc1OC. The summed E-state index contributed by atoms with van der Waals surface area (Å²) in [5.41, 5.74) is 0.839. The summed E-state index contributed by atoms with van der Waals surface area (Å²) >= 11 is 3.33. The predicted molar refractivity (Wildman–Crippen MR) is 137 cm³/mol. The van der Waals surface area contributed by atoms with E-state index in [2.05, 4.69) is 25.9 Å². The molecule has 0 radical (unpaired) electrons. The van der Waals surface area contributed by atoms with Gasteiger partial charge in [-0.2, -0.15) is 0 Å². The van der Waals surface area contributed by atoms with Gasteiger partial charge in [-0.05, 0) is 27.6 Å². The van der Waals surface area contributed by atoms with Gasteiger partial charge < -0.3 is 28.4 Å². The largest absolute Gasteiger partial charge is 0.488 e. The van der Waals surface area contributed by atoms with Gasteiger partial charge in [0, 0.05) is 75.5 Å². The first-order valence-electron chi connectivity index (χ1n) is 11.3. The molecule has 0 bridgehead atoms. The molecule has 2 aromatic heterocycles. The van der Waals surface area contributed by atoms with E-state index in [1.807, 2.05) is 26.0 Å². The number of halogens is 1. The molecule has 0 N–H and O–H groups in total. The molecule has 0 atom stereocenters. The van der Waals surface area contributed by atoms with Crippen LogP contribution in [0, 0.1) is 5.92 Å². The highest BCUT2D eigenvalue weighted by atomic mass is 79.9. The Bertz CT molecular complexity index is 881. The van der Waals surface area contributed by atoms with Crippen molar-refractivity contribution in [3.05, 3.63) is 34.6 Å². The summed E-state index contributed by atoms with van der Waals surface area (Å²) in [7, 11) is 6.43. The lowest BCUT2D eigenvalue weighted by molar-refractivity contribution is -0.121. The second-order valence-corrected chi connectivity index (χ2v) is 8.62. The van der Waals surface area contributed by atoms with Crippen LogP contribution in [0.3, 0.4) is 0 Å². The van der Waals surface area contributed by atoms with Crippen molar-refractivity contribution in [2.45, 2.75) is 33.1 Å². The molecule has 0 fully saturated rings. The lowest BCUT2D eigenvalue weighted by atomic mass is 10.0. The highest BCUT2D eigenvalue weighted by Crippen LogP contribution is 2.27. The number of carbonyl (C=O) groups excluding carboxylic acids is 1. The summed E-state index contributed by atoms with van der Waals surface area (Å²) in [6.07, 6.45) is 5.31. The van der Waals surface area contributed by atoms with Gasteiger partial charge in [0.25, 0.3) is 11.8 Å². The molecular weight excluding hydrogens is 520 g/mol. The van der Waals surface area contributed by atoms with Crippen LogP contribution in [-0.4, -0.2) is 70.6 Å². The molecule has 10 heteroatoms. The number of pyridine rings is 2. The fourth-order valence-corrected chi connectivity index (χ4v) is 2.98. The van der Waals surface area contributed by atoms with Gasteiger partial charge in [0.15, 0.2) is 11.5 Å². The second-order valence-electron chi connectivity index (χ2n) is 7.70. The van der Waals surface area contributed by atoms with Crippen LogP contribution in [0.25, 0.3) is 0 Å². The number of methoxy groups -OCH3 is 4. The van der Waals surface area contributed by atoms with Crippen molar-refractivity contribution in [1.29, 1.82) is 0 Å². The molecule has 0 saturated carbocycles.